The summed E-state index contributed by atoms with van der Waals surface area (Å²) in [6.45, 7) is 2.74. The Morgan fingerprint density at radius 2 is 2.10 bits per heavy atom. The molecule has 3 rings (SSSR count). The third-order valence-electron chi connectivity index (χ3n) is 4.12. The lowest BCUT2D eigenvalue weighted by Crippen LogP contribution is -2.40. The maximum Gasteiger partial charge on any atom is 0.256 e. The Balaban J connectivity index is 1.90. The van der Waals surface area contributed by atoms with E-state index in [1.165, 1.54) is 0 Å². The van der Waals surface area contributed by atoms with E-state index < -0.39 is 0 Å². The summed E-state index contributed by atoms with van der Waals surface area (Å²) in [7, 11) is 1.73. The summed E-state index contributed by atoms with van der Waals surface area (Å²) >= 11 is 0. The highest BCUT2D eigenvalue weighted by Gasteiger charge is 2.31. The van der Waals surface area contributed by atoms with Crippen molar-refractivity contribution in [3.05, 3.63) is 29.8 Å². The number of likely N-dealkylation sites (N-methyl/N-ethyl adjacent to an activating group) is 1. The molecule has 5 nitrogen and oxygen atoms in total. The van der Waals surface area contributed by atoms with E-state index >= 15 is 0 Å². The molecule has 5 heteroatoms. The number of hydrogen-bond donors (Lipinski definition) is 1. The molecule has 1 fully saturated rings. The Morgan fingerprint density at radius 3 is 2.85 bits per heavy atom. The van der Waals surface area contributed by atoms with E-state index in [9.17, 15) is 9.59 Å². The van der Waals surface area contributed by atoms with Crippen molar-refractivity contribution in [3.8, 4) is 0 Å². The van der Waals surface area contributed by atoms with Gasteiger partial charge in [-0.05, 0) is 37.6 Å². The van der Waals surface area contributed by atoms with E-state index in [1.54, 1.807) is 22.9 Å². The Hall–Kier alpha value is -1.88. The molecule has 0 saturated carbocycles. The summed E-state index contributed by atoms with van der Waals surface area (Å²) in [4.78, 5) is 28.1. The van der Waals surface area contributed by atoms with Gasteiger partial charge in [0.05, 0.1) is 11.3 Å². The number of anilines is 1. The molecular formula is C15H19N3O2. The number of para-hydroxylation sites is 1. The Morgan fingerprint density at radius 1 is 1.30 bits per heavy atom. The van der Waals surface area contributed by atoms with Gasteiger partial charge in [0.15, 0.2) is 0 Å². The minimum atomic E-state index is -0.0369. The third kappa shape index (κ3) is 2.29. The maximum atomic E-state index is 12.6. The van der Waals surface area contributed by atoms with Crippen molar-refractivity contribution in [2.45, 2.75) is 6.42 Å². The van der Waals surface area contributed by atoms with Crippen LogP contribution in [0, 0.1) is 5.92 Å². The second-order valence-electron chi connectivity index (χ2n) is 5.51. The fourth-order valence-electron chi connectivity index (χ4n) is 2.92. The zero-order valence-electron chi connectivity index (χ0n) is 11.6. The summed E-state index contributed by atoms with van der Waals surface area (Å²) in [6.07, 6.45) is 1.06. The van der Waals surface area contributed by atoms with Gasteiger partial charge in [-0.15, -0.1) is 0 Å². The van der Waals surface area contributed by atoms with Gasteiger partial charge in [0, 0.05) is 13.6 Å². The summed E-state index contributed by atoms with van der Waals surface area (Å²) < 4.78 is 0. The van der Waals surface area contributed by atoms with Crippen LogP contribution < -0.4 is 10.2 Å². The zero-order valence-corrected chi connectivity index (χ0v) is 11.6. The molecule has 2 aliphatic rings. The number of carbonyl (C=O) groups is 2. The molecule has 1 saturated heterocycles. The van der Waals surface area contributed by atoms with Crippen LogP contribution in [-0.2, 0) is 4.79 Å². The van der Waals surface area contributed by atoms with E-state index in [-0.39, 0.29) is 18.4 Å². The van der Waals surface area contributed by atoms with Crippen LogP contribution in [0.3, 0.4) is 0 Å². The third-order valence-corrected chi connectivity index (χ3v) is 4.12. The first kappa shape index (κ1) is 13.1. The highest BCUT2D eigenvalue weighted by atomic mass is 16.2. The monoisotopic (exact) mass is 273 g/mol. The van der Waals surface area contributed by atoms with Gasteiger partial charge in [-0.3, -0.25) is 9.59 Å². The number of fused-ring (bicyclic) bond motifs is 1. The molecule has 2 heterocycles. The van der Waals surface area contributed by atoms with Crippen LogP contribution >= 0.6 is 0 Å². The minimum absolute atomic E-state index is 0.0331. The van der Waals surface area contributed by atoms with E-state index in [1.807, 2.05) is 18.2 Å². The Labute approximate surface area is 118 Å². The minimum Gasteiger partial charge on any atom is -0.329 e. The zero-order chi connectivity index (χ0) is 14.1. The largest absolute Gasteiger partial charge is 0.329 e. The molecule has 0 radical (unpaired) electrons. The van der Waals surface area contributed by atoms with Crippen LogP contribution in [0.2, 0.25) is 0 Å². The predicted molar refractivity (Wildman–Crippen MR) is 76.7 cm³/mol. The van der Waals surface area contributed by atoms with Crippen molar-refractivity contribution in [1.29, 1.82) is 0 Å². The molecular weight excluding hydrogens is 254 g/mol. The molecule has 2 aliphatic heterocycles. The van der Waals surface area contributed by atoms with Crippen LogP contribution in [0.1, 0.15) is 16.8 Å². The topological polar surface area (TPSA) is 52.7 Å². The first-order valence-corrected chi connectivity index (χ1v) is 7.02. The number of carbonyl (C=O) groups excluding carboxylic acids is 2. The number of nitrogens with one attached hydrogen (secondary N) is 1. The fraction of sp³-hybridized carbons (Fsp3) is 0.467. The van der Waals surface area contributed by atoms with Crippen LogP contribution in [-0.4, -0.2) is 49.9 Å². The van der Waals surface area contributed by atoms with Crippen molar-refractivity contribution < 1.29 is 9.59 Å². The molecule has 0 bridgehead atoms. The number of nitrogens with zero attached hydrogens (tertiary/aromatic N) is 2. The second-order valence-corrected chi connectivity index (χ2v) is 5.51. The highest BCUT2D eigenvalue weighted by molar-refractivity contribution is 6.09. The Bertz CT molecular complexity index is 538. The standard InChI is InChI=1S/C15H19N3O2/c1-17-13-5-3-2-4-12(13)15(20)18(10-14(17)19)9-11-6-7-16-8-11/h2-5,11,16H,6-10H2,1H3. The van der Waals surface area contributed by atoms with E-state index in [0.717, 1.165) is 19.5 Å². The molecule has 2 amide bonds. The van der Waals surface area contributed by atoms with Gasteiger partial charge < -0.3 is 15.1 Å². The normalized spacial score (nSPS) is 22.9. The van der Waals surface area contributed by atoms with Gasteiger partial charge in [-0.1, -0.05) is 12.1 Å². The number of amides is 2. The maximum absolute atomic E-state index is 12.6. The molecule has 0 spiro atoms. The summed E-state index contributed by atoms with van der Waals surface area (Å²) in [5.74, 6) is 0.377. The van der Waals surface area contributed by atoms with Crippen LogP contribution in [0.25, 0.3) is 0 Å². The molecule has 1 atom stereocenters. The van der Waals surface area contributed by atoms with Gasteiger partial charge in [-0.2, -0.15) is 0 Å². The van der Waals surface area contributed by atoms with Crippen molar-refractivity contribution in [2.24, 2.45) is 5.92 Å². The summed E-state index contributed by atoms with van der Waals surface area (Å²) in [5, 5.41) is 3.30. The van der Waals surface area contributed by atoms with Gasteiger partial charge in [0.2, 0.25) is 5.91 Å². The number of benzene rings is 1. The van der Waals surface area contributed by atoms with Crippen molar-refractivity contribution in [3.63, 3.8) is 0 Å². The molecule has 1 aromatic carbocycles. The summed E-state index contributed by atoms with van der Waals surface area (Å²) in [5.41, 5.74) is 1.32. The highest BCUT2D eigenvalue weighted by Crippen LogP contribution is 2.25. The molecule has 0 aliphatic carbocycles. The van der Waals surface area contributed by atoms with Gasteiger partial charge >= 0.3 is 0 Å². The molecule has 106 valence electrons. The lowest BCUT2D eigenvalue weighted by Gasteiger charge is -2.23. The SMILES string of the molecule is CN1C(=O)CN(CC2CCNC2)C(=O)c2ccccc21. The molecule has 1 unspecified atom stereocenters. The average Bonchev–Trinajstić information content (AvgIpc) is 2.95. The first-order chi connectivity index (χ1) is 9.66. The lowest BCUT2D eigenvalue weighted by atomic mass is 10.1. The first-order valence-electron chi connectivity index (χ1n) is 7.02. The van der Waals surface area contributed by atoms with Gasteiger partial charge in [0.1, 0.15) is 6.54 Å². The second kappa shape index (κ2) is 5.25. The van der Waals surface area contributed by atoms with Crippen molar-refractivity contribution >= 4 is 17.5 Å². The van der Waals surface area contributed by atoms with Gasteiger partial charge in [-0.25, -0.2) is 0 Å². The molecule has 1 N–H and O–H groups in total. The Kier molecular flexibility index (Phi) is 3.44. The van der Waals surface area contributed by atoms with Gasteiger partial charge in [0.25, 0.3) is 5.91 Å². The van der Waals surface area contributed by atoms with E-state index in [4.69, 9.17) is 0 Å². The van der Waals surface area contributed by atoms with Crippen LogP contribution in [0.5, 0.6) is 0 Å². The molecule has 1 aromatic rings. The quantitative estimate of drug-likeness (QED) is 0.863. The van der Waals surface area contributed by atoms with Crippen LogP contribution in [0.15, 0.2) is 24.3 Å². The van der Waals surface area contributed by atoms with Crippen molar-refractivity contribution in [2.75, 3.05) is 38.1 Å². The van der Waals surface area contributed by atoms with Crippen molar-refractivity contribution in [1.82, 2.24) is 10.2 Å². The van der Waals surface area contributed by atoms with Crippen LogP contribution in [0.4, 0.5) is 5.69 Å². The van der Waals surface area contributed by atoms with E-state index in [2.05, 4.69) is 5.32 Å². The predicted octanol–water partition coefficient (Wildman–Crippen LogP) is 0.715. The average molecular weight is 273 g/mol. The fourth-order valence-corrected chi connectivity index (χ4v) is 2.92. The lowest BCUT2D eigenvalue weighted by molar-refractivity contribution is -0.118. The summed E-state index contributed by atoms with van der Waals surface area (Å²) in [6, 6.07) is 7.32. The molecule has 0 aromatic heterocycles. The smallest absolute Gasteiger partial charge is 0.256 e. The number of hydrogen-bond acceptors (Lipinski definition) is 3. The molecule has 20 heavy (non-hydrogen) atoms. The van der Waals surface area contributed by atoms with E-state index in [0.29, 0.717) is 23.7 Å². The number of rotatable bonds is 2.